The average Bonchev–Trinajstić information content (AvgIpc) is 2.95. The first-order valence-corrected chi connectivity index (χ1v) is 8.47. The van der Waals surface area contributed by atoms with Crippen molar-refractivity contribution >= 4 is 23.2 Å². The Balaban J connectivity index is 2.27. The molecule has 0 fully saturated rings. The summed E-state index contributed by atoms with van der Waals surface area (Å²) < 4.78 is 0. The Hall–Kier alpha value is -2.28. The minimum atomic E-state index is -1.08. The number of aromatic nitrogens is 2. The van der Waals surface area contributed by atoms with Crippen LogP contribution in [0, 0.1) is 6.92 Å². The van der Waals surface area contributed by atoms with Crippen molar-refractivity contribution < 1.29 is 14.7 Å². The average molecular weight is 347 g/mol. The van der Waals surface area contributed by atoms with E-state index in [1.807, 2.05) is 13.8 Å². The first-order chi connectivity index (χ1) is 11.2. The summed E-state index contributed by atoms with van der Waals surface area (Å²) in [6.45, 7) is 8.05. The first-order valence-electron chi connectivity index (χ1n) is 7.66. The SMILES string of the molecule is Cc1nc(C(C)C)sc1C(C)N(C)C(=O)c1cc(C(=O)O)ccn1. The summed E-state index contributed by atoms with van der Waals surface area (Å²) >= 11 is 1.61. The molecule has 0 saturated heterocycles. The summed E-state index contributed by atoms with van der Waals surface area (Å²) in [6, 6.07) is 2.50. The third kappa shape index (κ3) is 3.62. The molecule has 0 spiro atoms. The van der Waals surface area contributed by atoms with Crippen LogP contribution >= 0.6 is 11.3 Å². The van der Waals surface area contributed by atoms with Gasteiger partial charge >= 0.3 is 5.97 Å². The summed E-state index contributed by atoms with van der Waals surface area (Å²) in [4.78, 5) is 34.9. The molecule has 128 valence electrons. The molecule has 1 N–H and O–H groups in total. The van der Waals surface area contributed by atoms with Gasteiger partial charge in [-0.1, -0.05) is 13.8 Å². The highest BCUT2D eigenvalue weighted by molar-refractivity contribution is 7.11. The van der Waals surface area contributed by atoms with Crippen LogP contribution in [0.25, 0.3) is 0 Å². The van der Waals surface area contributed by atoms with Gasteiger partial charge in [-0.15, -0.1) is 11.3 Å². The van der Waals surface area contributed by atoms with Crippen LogP contribution in [0.4, 0.5) is 0 Å². The predicted molar refractivity (Wildman–Crippen MR) is 92.6 cm³/mol. The molecule has 0 aromatic carbocycles. The number of aryl methyl sites for hydroxylation is 1. The van der Waals surface area contributed by atoms with E-state index in [0.717, 1.165) is 15.6 Å². The quantitative estimate of drug-likeness (QED) is 0.895. The molecule has 2 aromatic heterocycles. The van der Waals surface area contributed by atoms with E-state index in [2.05, 4.69) is 23.8 Å². The van der Waals surface area contributed by atoms with Gasteiger partial charge < -0.3 is 10.0 Å². The fraction of sp³-hybridized carbons (Fsp3) is 0.412. The summed E-state index contributed by atoms with van der Waals surface area (Å²) in [6.07, 6.45) is 1.34. The maximum atomic E-state index is 12.6. The van der Waals surface area contributed by atoms with Crippen LogP contribution in [0.3, 0.4) is 0 Å². The topological polar surface area (TPSA) is 83.4 Å². The van der Waals surface area contributed by atoms with Crippen molar-refractivity contribution in [1.82, 2.24) is 14.9 Å². The van der Waals surface area contributed by atoms with Crippen LogP contribution in [0.5, 0.6) is 0 Å². The number of carboxylic acid groups (broad SMARTS) is 1. The first kappa shape index (κ1) is 18.1. The molecule has 0 saturated carbocycles. The standard InChI is InChI=1S/C17H21N3O3S/c1-9(2)15-19-10(3)14(24-15)11(4)20(5)16(21)13-8-12(17(22)23)6-7-18-13/h6-9,11H,1-5H3,(H,22,23). The zero-order chi connectivity index (χ0) is 18.0. The van der Waals surface area contributed by atoms with Crippen LogP contribution in [-0.2, 0) is 0 Å². The fourth-order valence-corrected chi connectivity index (χ4v) is 3.44. The van der Waals surface area contributed by atoms with Crippen LogP contribution in [-0.4, -0.2) is 38.9 Å². The zero-order valence-corrected chi connectivity index (χ0v) is 15.2. The monoisotopic (exact) mass is 347 g/mol. The third-order valence-electron chi connectivity index (χ3n) is 3.85. The molecule has 0 radical (unpaired) electrons. The predicted octanol–water partition coefficient (Wildman–Crippen LogP) is 3.50. The van der Waals surface area contributed by atoms with Gasteiger partial charge in [-0.3, -0.25) is 9.78 Å². The Morgan fingerprint density at radius 3 is 2.50 bits per heavy atom. The molecule has 2 aromatic rings. The van der Waals surface area contributed by atoms with Crippen LogP contribution in [0.2, 0.25) is 0 Å². The molecular weight excluding hydrogens is 326 g/mol. The normalized spacial score (nSPS) is 12.2. The van der Waals surface area contributed by atoms with E-state index in [1.165, 1.54) is 18.3 Å². The largest absolute Gasteiger partial charge is 0.478 e. The number of thiazole rings is 1. The smallest absolute Gasteiger partial charge is 0.335 e. The molecule has 1 unspecified atom stereocenters. The second-order valence-corrected chi connectivity index (χ2v) is 7.05. The summed E-state index contributed by atoms with van der Waals surface area (Å²) in [5, 5.41) is 10.1. The molecule has 24 heavy (non-hydrogen) atoms. The molecule has 0 aliphatic carbocycles. The highest BCUT2D eigenvalue weighted by Gasteiger charge is 2.24. The van der Waals surface area contributed by atoms with Crippen molar-refractivity contribution in [3.63, 3.8) is 0 Å². The third-order valence-corrected chi connectivity index (χ3v) is 5.48. The highest BCUT2D eigenvalue weighted by Crippen LogP contribution is 2.32. The van der Waals surface area contributed by atoms with Gasteiger partial charge in [0.05, 0.1) is 22.3 Å². The molecule has 2 heterocycles. The number of carbonyl (C=O) groups excluding carboxylic acids is 1. The number of aromatic carboxylic acids is 1. The molecule has 6 nitrogen and oxygen atoms in total. The Bertz CT molecular complexity index is 770. The number of pyridine rings is 1. The molecule has 7 heteroatoms. The Labute approximate surface area is 145 Å². The van der Waals surface area contributed by atoms with Crippen LogP contribution in [0.15, 0.2) is 18.3 Å². The van der Waals surface area contributed by atoms with Crippen LogP contribution < -0.4 is 0 Å². The molecule has 0 aliphatic rings. The van der Waals surface area contributed by atoms with Crippen molar-refractivity contribution in [2.24, 2.45) is 0 Å². The minimum absolute atomic E-state index is 0.0467. The number of nitrogens with zero attached hydrogens (tertiary/aromatic N) is 3. The number of rotatable bonds is 5. The van der Waals surface area contributed by atoms with E-state index in [9.17, 15) is 9.59 Å². The number of hydrogen-bond acceptors (Lipinski definition) is 5. The van der Waals surface area contributed by atoms with Gasteiger partial charge in [-0.25, -0.2) is 9.78 Å². The van der Waals surface area contributed by atoms with Crippen LogP contribution in [0.1, 0.15) is 69.2 Å². The Kier molecular flexibility index (Phi) is 5.33. The number of hydrogen-bond donors (Lipinski definition) is 1. The maximum absolute atomic E-state index is 12.6. The van der Waals surface area contributed by atoms with Gasteiger partial charge in [0, 0.05) is 24.0 Å². The lowest BCUT2D eigenvalue weighted by Gasteiger charge is -2.24. The fourth-order valence-electron chi connectivity index (χ4n) is 2.28. The van der Waals surface area contributed by atoms with E-state index in [0.29, 0.717) is 5.92 Å². The highest BCUT2D eigenvalue weighted by atomic mass is 32.1. The molecule has 0 aliphatic heterocycles. The second-order valence-electron chi connectivity index (χ2n) is 5.98. The Morgan fingerprint density at radius 1 is 1.29 bits per heavy atom. The van der Waals surface area contributed by atoms with E-state index in [4.69, 9.17) is 5.11 Å². The number of carbonyl (C=O) groups is 2. The van der Waals surface area contributed by atoms with Gasteiger partial charge in [0.2, 0.25) is 0 Å². The molecule has 1 atom stereocenters. The van der Waals surface area contributed by atoms with Crippen molar-refractivity contribution in [3.05, 3.63) is 45.2 Å². The second kappa shape index (κ2) is 7.09. The van der Waals surface area contributed by atoms with E-state index >= 15 is 0 Å². The lowest BCUT2D eigenvalue weighted by atomic mass is 10.1. The van der Waals surface area contributed by atoms with Crippen molar-refractivity contribution in [2.75, 3.05) is 7.05 Å². The molecule has 2 rings (SSSR count). The van der Waals surface area contributed by atoms with Crippen molar-refractivity contribution in [1.29, 1.82) is 0 Å². The number of carboxylic acids is 1. The van der Waals surface area contributed by atoms with Gasteiger partial charge in [-0.2, -0.15) is 0 Å². The Morgan fingerprint density at radius 2 is 1.96 bits per heavy atom. The summed E-state index contributed by atoms with van der Waals surface area (Å²) in [5.74, 6) is -1.06. The summed E-state index contributed by atoms with van der Waals surface area (Å²) in [7, 11) is 1.69. The maximum Gasteiger partial charge on any atom is 0.335 e. The lowest BCUT2D eigenvalue weighted by Crippen LogP contribution is -2.30. The van der Waals surface area contributed by atoms with Gasteiger partial charge in [0.1, 0.15) is 5.69 Å². The molecule has 0 bridgehead atoms. The van der Waals surface area contributed by atoms with Crippen molar-refractivity contribution in [2.45, 2.75) is 39.7 Å². The minimum Gasteiger partial charge on any atom is -0.478 e. The molecular formula is C17H21N3O3S. The van der Waals surface area contributed by atoms with Gasteiger partial charge in [0.15, 0.2) is 0 Å². The number of amides is 1. The lowest BCUT2D eigenvalue weighted by molar-refractivity contribution is 0.0696. The van der Waals surface area contributed by atoms with Gasteiger partial charge in [0.25, 0.3) is 5.91 Å². The van der Waals surface area contributed by atoms with E-state index in [-0.39, 0.29) is 23.2 Å². The zero-order valence-electron chi connectivity index (χ0n) is 14.4. The van der Waals surface area contributed by atoms with E-state index in [1.54, 1.807) is 23.3 Å². The molecule has 1 amide bonds. The van der Waals surface area contributed by atoms with E-state index < -0.39 is 5.97 Å². The summed E-state index contributed by atoms with van der Waals surface area (Å²) in [5.41, 5.74) is 1.09. The van der Waals surface area contributed by atoms with Gasteiger partial charge in [-0.05, 0) is 26.0 Å². The van der Waals surface area contributed by atoms with Crippen molar-refractivity contribution in [3.8, 4) is 0 Å².